The van der Waals surface area contributed by atoms with Crippen molar-refractivity contribution in [2.45, 2.75) is 26.9 Å². The van der Waals surface area contributed by atoms with E-state index in [9.17, 15) is 9.50 Å². The molecule has 5 heteroatoms. The molecule has 1 aromatic heterocycles. The van der Waals surface area contributed by atoms with Crippen LogP contribution in [0.2, 0.25) is 0 Å². The van der Waals surface area contributed by atoms with Crippen LogP contribution in [0.5, 0.6) is 0 Å². The van der Waals surface area contributed by atoms with Crippen molar-refractivity contribution in [2.75, 3.05) is 37.6 Å². The van der Waals surface area contributed by atoms with Gasteiger partial charge in [-0.05, 0) is 66.1 Å². The first kappa shape index (κ1) is 20.3. The number of hydrogen-bond donors (Lipinski definition) is 1. The van der Waals surface area contributed by atoms with E-state index in [1.54, 1.807) is 23.5 Å². The third-order valence-electron chi connectivity index (χ3n) is 6.26. The summed E-state index contributed by atoms with van der Waals surface area (Å²) < 4.78 is 14.7. The van der Waals surface area contributed by atoms with Crippen molar-refractivity contribution in [3.8, 4) is 0 Å². The summed E-state index contributed by atoms with van der Waals surface area (Å²) in [5.41, 5.74) is 4.89. The van der Waals surface area contributed by atoms with Crippen LogP contribution in [-0.4, -0.2) is 42.7 Å². The number of hydrogen-bond acceptors (Lipinski definition) is 4. The Bertz CT molecular complexity index is 994. The molecule has 1 N–H and O–H groups in total. The number of aliphatic hydroxyl groups excluding tert-OH is 1. The smallest absolute Gasteiger partial charge is 0.123 e. The summed E-state index contributed by atoms with van der Waals surface area (Å²) in [5.74, 6) is -0.164. The van der Waals surface area contributed by atoms with E-state index in [4.69, 9.17) is 0 Å². The lowest BCUT2D eigenvalue weighted by Gasteiger charge is -2.38. The van der Waals surface area contributed by atoms with Crippen molar-refractivity contribution in [3.63, 3.8) is 0 Å². The average Bonchev–Trinajstić information content (AvgIpc) is 3.13. The number of aliphatic hydroxyl groups is 1. The maximum absolute atomic E-state index is 13.7. The molecule has 2 atom stereocenters. The number of anilines is 1. The van der Waals surface area contributed by atoms with Crippen LogP contribution in [0.15, 0.2) is 41.8 Å². The Morgan fingerprint density at radius 1 is 1.10 bits per heavy atom. The van der Waals surface area contributed by atoms with Crippen LogP contribution in [0, 0.1) is 25.6 Å². The van der Waals surface area contributed by atoms with E-state index < -0.39 is 6.10 Å². The van der Waals surface area contributed by atoms with E-state index in [2.05, 4.69) is 48.8 Å². The van der Waals surface area contributed by atoms with Gasteiger partial charge in [-0.3, -0.25) is 4.90 Å². The lowest BCUT2D eigenvalue weighted by atomic mass is 9.96. The van der Waals surface area contributed by atoms with Crippen molar-refractivity contribution in [2.24, 2.45) is 5.92 Å². The van der Waals surface area contributed by atoms with Crippen molar-refractivity contribution >= 4 is 27.1 Å². The Hall–Kier alpha value is -1.95. The van der Waals surface area contributed by atoms with Gasteiger partial charge in [-0.25, -0.2) is 4.39 Å². The van der Waals surface area contributed by atoms with E-state index in [-0.39, 0.29) is 11.7 Å². The van der Waals surface area contributed by atoms with Crippen molar-refractivity contribution in [1.82, 2.24) is 4.90 Å². The molecule has 1 saturated heterocycles. The summed E-state index contributed by atoms with van der Waals surface area (Å²) in [6.45, 7) is 11.3. The van der Waals surface area contributed by atoms with Gasteiger partial charge in [-0.15, -0.1) is 11.3 Å². The number of benzene rings is 2. The highest BCUT2D eigenvalue weighted by molar-refractivity contribution is 7.17. The number of nitrogens with zero attached hydrogens (tertiary/aromatic N) is 2. The Morgan fingerprint density at radius 3 is 2.62 bits per heavy atom. The minimum absolute atomic E-state index is 0.0864. The van der Waals surface area contributed by atoms with Crippen molar-refractivity contribution in [1.29, 1.82) is 0 Å². The van der Waals surface area contributed by atoms with Gasteiger partial charge in [-0.2, -0.15) is 0 Å². The summed E-state index contributed by atoms with van der Waals surface area (Å²) in [5, 5.41) is 13.8. The molecule has 1 aliphatic rings. The first-order chi connectivity index (χ1) is 13.9. The Kier molecular flexibility index (Phi) is 5.91. The molecule has 154 valence electrons. The van der Waals surface area contributed by atoms with Gasteiger partial charge >= 0.3 is 0 Å². The highest BCUT2D eigenvalue weighted by atomic mass is 32.1. The zero-order chi connectivity index (χ0) is 20.5. The minimum Gasteiger partial charge on any atom is -0.388 e. The zero-order valence-electron chi connectivity index (χ0n) is 17.4. The Labute approximate surface area is 176 Å². The summed E-state index contributed by atoms with van der Waals surface area (Å²) in [4.78, 5) is 4.90. The van der Waals surface area contributed by atoms with Gasteiger partial charge in [0.25, 0.3) is 0 Å². The van der Waals surface area contributed by atoms with Gasteiger partial charge < -0.3 is 10.0 Å². The molecule has 1 fully saturated rings. The third kappa shape index (κ3) is 4.18. The molecule has 2 aromatic carbocycles. The molecule has 2 unspecified atom stereocenters. The molecule has 4 rings (SSSR count). The standard InChI is InChI=1S/C24H29FN2OS/c1-16-5-4-6-22(18(16)3)27-11-9-26(10-12-27)14-17(2)24(28)21-15-29-23-8-7-19(25)13-20(21)23/h4-8,13,15,17,24,28H,9-12,14H2,1-3H3. The second kappa shape index (κ2) is 8.42. The lowest BCUT2D eigenvalue weighted by molar-refractivity contribution is 0.0876. The van der Waals surface area contributed by atoms with Crippen LogP contribution in [0.3, 0.4) is 0 Å². The van der Waals surface area contributed by atoms with E-state index in [1.165, 1.54) is 22.9 Å². The topological polar surface area (TPSA) is 26.7 Å². The van der Waals surface area contributed by atoms with Gasteiger partial charge in [0.15, 0.2) is 0 Å². The van der Waals surface area contributed by atoms with E-state index in [0.717, 1.165) is 48.4 Å². The van der Waals surface area contributed by atoms with Gasteiger partial charge in [0, 0.05) is 48.5 Å². The largest absolute Gasteiger partial charge is 0.388 e. The average molecular weight is 413 g/mol. The van der Waals surface area contributed by atoms with Crippen LogP contribution in [0.4, 0.5) is 10.1 Å². The van der Waals surface area contributed by atoms with E-state index in [0.29, 0.717) is 0 Å². The Balaban J connectivity index is 1.38. The van der Waals surface area contributed by atoms with Gasteiger partial charge in [0.2, 0.25) is 0 Å². The van der Waals surface area contributed by atoms with Gasteiger partial charge in [0.1, 0.15) is 5.82 Å². The maximum Gasteiger partial charge on any atom is 0.123 e. The summed E-state index contributed by atoms with van der Waals surface area (Å²) >= 11 is 1.57. The SMILES string of the molecule is Cc1cccc(N2CCN(CC(C)C(O)c3csc4ccc(F)cc34)CC2)c1C. The van der Waals surface area contributed by atoms with Crippen LogP contribution in [0.1, 0.15) is 29.7 Å². The van der Waals surface area contributed by atoms with Crippen molar-refractivity contribution < 1.29 is 9.50 Å². The molecule has 0 aliphatic carbocycles. The highest BCUT2D eigenvalue weighted by Crippen LogP contribution is 2.34. The van der Waals surface area contributed by atoms with E-state index in [1.807, 2.05) is 5.38 Å². The van der Waals surface area contributed by atoms with Crippen LogP contribution >= 0.6 is 11.3 Å². The Morgan fingerprint density at radius 2 is 1.86 bits per heavy atom. The number of thiophene rings is 1. The molecule has 0 spiro atoms. The van der Waals surface area contributed by atoms with Crippen LogP contribution in [-0.2, 0) is 0 Å². The fraction of sp³-hybridized carbons (Fsp3) is 0.417. The number of aryl methyl sites for hydroxylation is 1. The summed E-state index contributed by atoms with van der Waals surface area (Å²) in [6.07, 6.45) is -0.581. The lowest BCUT2D eigenvalue weighted by Crippen LogP contribution is -2.48. The molecule has 0 saturated carbocycles. The third-order valence-corrected chi connectivity index (χ3v) is 7.24. The summed E-state index contributed by atoms with van der Waals surface area (Å²) in [6, 6.07) is 11.3. The first-order valence-corrected chi connectivity index (χ1v) is 11.2. The van der Waals surface area contributed by atoms with Crippen LogP contribution in [0.25, 0.3) is 10.1 Å². The summed E-state index contributed by atoms with van der Waals surface area (Å²) in [7, 11) is 0. The molecule has 0 bridgehead atoms. The molecule has 0 radical (unpaired) electrons. The molecule has 0 amide bonds. The fourth-order valence-electron chi connectivity index (χ4n) is 4.31. The highest BCUT2D eigenvalue weighted by Gasteiger charge is 2.25. The van der Waals surface area contributed by atoms with E-state index >= 15 is 0 Å². The second-order valence-corrected chi connectivity index (χ2v) is 9.17. The minimum atomic E-state index is -0.581. The molecule has 29 heavy (non-hydrogen) atoms. The number of rotatable bonds is 5. The molecular formula is C24H29FN2OS. The van der Waals surface area contributed by atoms with Gasteiger partial charge in [0.05, 0.1) is 6.10 Å². The molecule has 3 nitrogen and oxygen atoms in total. The predicted molar refractivity (Wildman–Crippen MR) is 120 cm³/mol. The zero-order valence-corrected chi connectivity index (χ0v) is 18.2. The normalized spacial score (nSPS) is 17.6. The fourth-order valence-corrected chi connectivity index (χ4v) is 5.28. The monoisotopic (exact) mass is 412 g/mol. The molecule has 2 heterocycles. The van der Waals surface area contributed by atoms with Crippen molar-refractivity contribution in [3.05, 3.63) is 64.3 Å². The molecule has 1 aliphatic heterocycles. The van der Waals surface area contributed by atoms with Crippen LogP contribution < -0.4 is 4.90 Å². The number of fused-ring (bicyclic) bond motifs is 1. The van der Waals surface area contributed by atoms with Gasteiger partial charge in [-0.1, -0.05) is 19.1 Å². The quantitative estimate of drug-likeness (QED) is 0.628. The first-order valence-electron chi connectivity index (χ1n) is 10.3. The predicted octanol–water partition coefficient (Wildman–Crippen LogP) is 5.15. The number of halogens is 1. The molecular weight excluding hydrogens is 383 g/mol. The number of piperazine rings is 1. The maximum atomic E-state index is 13.7. The molecule has 3 aromatic rings. The second-order valence-electron chi connectivity index (χ2n) is 8.26.